The molecule has 1 rings (SSSR count). The predicted molar refractivity (Wildman–Crippen MR) is 87.3 cm³/mol. The lowest BCUT2D eigenvalue weighted by Crippen LogP contribution is -2.50. The average molecular weight is 312 g/mol. The van der Waals surface area contributed by atoms with Crippen molar-refractivity contribution in [2.24, 2.45) is 11.8 Å². The third kappa shape index (κ3) is 6.34. The molecule has 0 saturated heterocycles. The van der Waals surface area contributed by atoms with Gasteiger partial charge in [0.1, 0.15) is 6.04 Å². The highest BCUT2D eigenvalue weighted by Crippen LogP contribution is 2.26. The van der Waals surface area contributed by atoms with E-state index >= 15 is 0 Å². The van der Waals surface area contributed by atoms with Gasteiger partial charge in [-0.05, 0) is 38.5 Å². The molecule has 0 aromatic rings. The minimum absolute atomic E-state index is 0.0454. The summed E-state index contributed by atoms with van der Waals surface area (Å²) in [4.78, 5) is 24.0. The molecule has 1 fully saturated rings. The zero-order chi connectivity index (χ0) is 16.8. The number of carbonyl (C=O) groups excluding carboxylic acids is 2. The fourth-order valence-electron chi connectivity index (χ4n) is 2.64. The molecule has 2 unspecified atom stereocenters. The van der Waals surface area contributed by atoms with Crippen molar-refractivity contribution in [1.29, 1.82) is 0 Å². The first kappa shape index (κ1) is 18.9. The Hall–Kier alpha value is -1.10. The molecule has 1 aliphatic rings. The predicted octanol–water partition coefficient (Wildman–Crippen LogP) is 1.98. The minimum Gasteiger partial charge on any atom is -0.388 e. The molecule has 3 N–H and O–H groups in total. The van der Waals surface area contributed by atoms with Gasteiger partial charge < -0.3 is 15.7 Å². The van der Waals surface area contributed by atoms with E-state index in [0.29, 0.717) is 12.3 Å². The van der Waals surface area contributed by atoms with Crippen LogP contribution in [0.3, 0.4) is 0 Å². The largest absolute Gasteiger partial charge is 0.388 e. The summed E-state index contributed by atoms with van der Waals surface area (Å²) in [5, 5.41) is 15.6. The van der Waals surface area contributed by atoms with Crippen molar-refractivity contribution >= 4 is 11.8 Å². The number of nitrogens with one attached hydrogen (secondary N) is 2. The molecule has 2 atom stereocenters. The van der Waals surface area contributed by atoms with Crippen LogP contribution in [0.1, 0.15) is 66.2 Å². The van der Waals surface area contributed by atoms with Gasteiger partial charge >= 0.3 is 0 Å². The van der Waals surface area contributed by atoms with Crippen molar-refractivity contribution in [2.75, 3.05) is 6.54 Å². The molecule has 1 saturated carbocycles. The first-order chi connectivity index (χ1) is 10.2. The Morgan fingerprint density at radius 3 is 2.32 bits per heavy atom. The van der Waals surface area contributed by atoms with Crippen molar-refractivity contribution < 1.29 is 14.7 Å². The highest BCUT2D eigenvalue weighted by molar-refractivity contribution is 5.87. The fourth-order valence-corrected chi connectivity index (χ4v) is 2.64. The fraction of sp³-hybridized carbons (Fsp3) is 0.882. The van der Waals surface area contributed by atoms with Crippen LogP contribution in [0, 0.1) is 11.8 Å². The molecular weight excluding hydrogens is 280 g/mol. The molecule has 0 bridgehead atoms. The van der Waals surface area contributed by atoms with Crippen LogP contribution in [0.25, 0.3) is 0 Å². The monoisotopic (exact) mass is 312 g/mol. The summed E-state index contributed by atoms with van der Waals surface area (Å²) in [6.45, 7) is 7.37. The van der Waals surface area contributed by atoms with Gasteiger partial charge in [0.15, 0.2) is 0 Å². The molecule has 2 amide bonds. The zero-order valence-corrected chi connectivity index (χ0v) is 14.4. The molecule has 5 heteroatoms. The van der Waals surface area contributed by atoms with Crippen LogP contribution in [-0.4, -0.2) is 35.1 Å². The molecule has 0 aromatic heterocycles. The van der Waals surface area contributed by atoms with Gasteiger partial charge in [0.25, 0.3) is 0 Å². The van der Waals surface area contributed by atoms with Crippen molar-refractivity contribution in [2.45, 2.75) is 77.9 Å². The number of hydrogen-bond acceptors (Lipinski definition) is 3. The van der Waals surface area contributed by atoms with Gasteiger partial charge in [0.05, 0.1) is 5.60 Å². The highest BCUT2D eigenvalue weighted by Gasteiger charge is 2.27. The third-order valence-electron chi connectivity index (χ3n) is 4.83. The summed E-state index contributed by atoms with van der Waals surface area (Å²) in [6.07, 6.45) is 6.43. The standard InChI is InChI=1S/C17H32N2O3/c1-12(2)17(4,22)11-18-16(21)13(3)19-15(20)10-14-8-6-5-7-9-14/h12-14,22H,5-11H2,1-4H3,(H,18,21)(H,19,20). The van der Waals surface area contributed by atoms with E-state index in [9.17, 15) is 14.7 Å². The van der Waals surface area contributed by atoms with E-state index in [2.05, 4.69) is 10.6 Å². The quantitative estimate of drug-likeness (QED) is 0.672. The minimum atomic E-state index is -0.943. The van der Waals surface area contributed by atoms with Crippen LogP contribution in [0.2, 0.25) is 0 Å². The lowest BCUT2D eigenvalue weighted by Gasteiger charge is -2.28. The van der Waals surface area contributed by atoms with Gasteiger partial charge in [-0.15, -0.1) is 0 Å². The Morgan fingerprint density at radius 1 is 1.18 bits per heavy atom. The zero-order valence-electron chi connectivity index (χ0n) is 14.4. The molecule has 0 aromatic carbocycles. The van der Waals surface area contributed by atoms with Crippen molar-refractivity contribution in [3.05, 3.63) is 0 Å². The maximum absolute atomic E-state index is 12.0. The van der Waals surface area contributed by atoms with Crippen LogP contribution < -0.4 is 10.6 Å². The number of hydrogen-bond donors (Lipinski definition) is 3. The molecule has 0 heterocycles. The van der Waals surface area contributed by atoms with Crippen LogP contribution in [0.5, 0.6) is 0 Å². The second-order valence-corrected chi connectivity index (χ2v) is 7.23. The van der Waals surface area contributed by atoms with Crippen LogP contribution >= 0.6 is 0 Å². The molecule has 1 aliphatic carbocycles. The van der Waals surface area contributed by atoms with E-state index in [-0.39, 0.29) is 24.3 Å². The van der Waals surface area contributed by atoms with Crippen LogP contribution in [-0.2, 0) is 9.59 Å². The second-order valence-electron chi connectivity index (χ2n) is 7.23. The topological polar surface area (TPSA) is 78.4 Å². The number of carbonyl (C=O) groups is 2. The first-order valence-corrected chi connectivity index (χ1v) is 8.52. The third-order valence-corrected chi connectivity index (χ3v) is 4.83. The Balaban J connectivity index is 2.32. The normalized spacial score (nSPS) is 20.3. The SMILES string of the molecule is CC(NC(=O)CC1CCCCC1)C(=O)NCC(C)(O)C(C)C. The second kappa shape index (κ2) is 8.51. The Kier molecular flexibility index (Phi) is 7.33. The summed E-state index contributed by atoms with van der Waals surface area (Å²) >= 11 is 0. The Bertz CT molecular complexity index is 374. The van der Waals surface area contributed by atoms with Gasteiger partial charge in [-0.2, -0.15) is 0 Å². The molecule has 5 nitrogen and oxygen atoms in total. The van der Waals surface area contributed by atoms with E-state index in [0.717, 1.165) is 12.8 Å². The lowest BCUT2D eigenvalue weighted by atomic mass is 9.87. The number of amides is 2. The van der Waals surface area contributed by atoms with Crippen LogP contribution in [0.4, 0.5) is 0 Å². The maximum Gasteiger partial charge on any atom is 0.242 e. The van der Waals surface area contributed by atoms with Gasteiger partial charge in [-0.3, -0.25) is 9.59 Å². The Morgan fingerprint density at radius 2 is 1.77 bits per heavy atom. The highest BCUT2D eigenvalue weighted by atomic mass is 16.3. The summed E-state index contributed by atoms with van der Waals surface area (Å²) in [6, 6.07) is -0.570. The lowest BCUT2D eigenvalue weighted by molar-refractivity contribution is -0.130. The first-order valence-electron chi connectivity index (χ1n) is 8.52. The number of rotatable bonds is 7. The number of aliphatic hydroxyl groups is 1. The maximum atomic E-state index is 12.0. The van der Waals surface area contributed by atoms with Crippen LogP contribution in [0.15, 0.2) is 0 Å². The van der Waals surface area contributed by atoms with Crippen molar-refractivity contribution in [1.82, 2.24) is 10.6 Å². The summed E-state index contributed by atoms with van der Waals surface area (Å²) < 4.78 is 0. The average Bonchev–Trinajstić information content (AvgIpc) is 2.45. The molecule has 0 radical (unpaired) electrons. The molecule has 128 valence electrons. The van der Waals surface area contributed by atoms with Gasteiger partial charge in [-0.1, -0.05) is 33.1 Å². The summed E-state index contributed by atoms with van der Waals surface area (Å²) in [7, 11) is 0. The van der Waals surface area contributed by atoms with E-state index < -0.39 is 11.6 Å². The molecule has 0 spiro atoms. The van der Waals surface area contributed by atoms with E-state index in [1.165, 1.54) is 19.3 Å². The van der Waals surface area contributed by atoms with E-state index in [1.807, 2.05) is 13.8 Å². The molecule has 22 heavy (non-hydrogen) atoms. The summed E-state index contributed by atoms with van der Waals surface area (Å²) in [5.74, 6) is 0.206. The van der Waals surface area contributed by atoms with Gasteiger partial charge in [0, 0.05) is 13.0 Å². The van der Waals surface area contributed by atoms with Gasteiger partial charge in [0.2, 0.25) is 11.8 Å². The van der Waals surface area contributed by atoms with E-state index in [4.69, 9.17) is 0 Å². The summed E-state index contributed by atoms with van der Waals surface area (Å²) in [5.41, 5.74) is -0.943. The van der Waals surface area contributed by atoms with Crippen molar-refractivity contribution in [3.63, 3.8) is 0 Å². The Labute approximate surface area is 134 Å². The van der Waals surface area contributed by atoms with Crippen molar-refractivity contribution in [3.8, 4) is 0 Å². The smallest absolute Gasteiger partial charge is 0.242 e. The molecular formula is C17H32N2O3. The van der Waals surface area contributed by atoms with Gasteiger partial charge in [-0.25, -0.2) is 0 Å². The molecule has 0 aliphatic heterocycles. The van der Waals surface area contributed by atoms with E-state index in [1.54, 1.807) is 13.8 Å².